The minimum Gasteiger partial charge on any atom is -0.299 e. The molecule has 3 rings (SSSR count). The number of aryl methyl sites for hydroxylation is 1. The van der Waals surface area contributed by atoms with Gasteiger partial charge >= 0.3 is 0 Å². The standard InChI is InChI=1S/C13H9ClN2O/c1-8-4-13-15-10(7-17)6-16(13)12-3-2-9(14)5-11(8)12/h2-7H,1H3. The first-order valence-corrected chi connectivity index (χ1v) is 5.60. The molecule has 0 aliphatic heterocycles. The van der Waals surface area contributed by atoms with E-state index in [1.54, 1.807) is 6.20 Å². The topological polar surface area (TPSA) is 34.4 Å². The molecule has 0 bridgehead atoms. The molecule has 1 aromatic carbocycles. The number of halogens is 1. The van der Waals surface area contributed by atoms with Gasteiger partial charge in [0, 0.05) is 16.6 Å². The Morgan fingerprint density at radius 1 is 1.35 bits per heavy atom. The van der Waals surface area contributed by atoms with Gasteiger partial charge in [-0.3, -0.25) is 9.20 Å². The Balaban J connectivity index is 2.53. The van der Waals surface area contributed by atoms with Crippen LogP contribution < -0.4 is 0 Å². The Morgan fingerprint density at radius 2 is 2.18 bits per heavy atom. The number of hydrogen-bond donors (Lipinski definition) is 0. The summed E-state index contributed by atoms with van der Waals surface area (Å²) in [5.41, 5.74) is 3.31. The van der Waals surface area contributed by atoms with Crippen LogP contribution in [-0.4, -0.2) is 15.7 Å². The Kier molecular flexibility index (Phi) is 2.16. The van der Waals surface area contributed by atoms with Crippen LogP contribution in [0.4, 0.5) is 0 Å². The molecule has 0 aliphatic rings. The molecule has 0 amide bonds. The van der Waals surface area contributed by atoms with Gasteiger partial charge in [-0.15, -0.1) is 0 Å². The summed E-state index contributed by atoms with van der Waals surface area (Å²) >= 11 is 5.99. The minimum atomic E-state index is 0.437. The highest BCUT2D eigenvalue weighted by atomic mass is 35.5. The number of imidazole rings is 1. The Labute approximate surface area is 103 Å². The molecule has 0 N–H and O–H groups in total. The van der Waals surface area contributed by atoms with Gasteiger partial charge in [-0.1, -0.05) is 11.6 Å². The molecule has 0 atom stereocenters. The van der Waals surface area contributed by atoms with Crippen molar-refractivity contribution in [3.05, 3.63) is 46.7 Å². The molecule has 0 saturated carbocycles. The molecular weight excluding hydrogens is 236 g/mol. The smallest absolute Gasteiger partial charge is 0.170 e. The van der Waals surface area contributed by atoms with Crippen molar-refractivity contribution in [2.24, 2.45) is 0 Å². The number of carbonyl (C=O) groups is 1. The molecular formula is C13H9ClN2O. The molecule has 0 spiro atoms. The predicted molar refractivity (Wildman–Crippen MR) is 67.8 cm³/mol. The van der Waals surface area contributed by atoms with Gasteiger partial charge in [-0.05, 0) is 36.8 Å². The number of pyridine rings is 1. The van der Waals surface area contributed by atoms with Gasteiger partial charge in [0.25, 0.3) is 0 Å². The van der Waals surface area contributed by atoms with E-state index in [0.29, 0.717) is 10.7 Å². The summed E-state index contributed by atoms with van der Waals surface area (Å²) in [7, 11) is 0. The van der Waals surface area contributed by atoms with Crippen molar-refractivity contribution in [1.29, 1.82) is 0 Å². The van der Waals surface area contributed by atoms with E-state index in [9.17, 15) is 4.79 Å². The van der Waals surface area contributed by atoms with Crippen molar-refractivity contribution in [2.75, 3.05) is 0 Å². The first kappa shape index (κ1) is 10.3. The molecule has 3 nitrogen and oxygen atoms in total. The van der Waals surface area contributed by atoms with Crippen LogP contribution in [0.15, 0.2) is 30.5 Å². The van der Waals surface area contributed by atoms with Gasteiger partial charge in [0.05, 0.1) is 5.52 Å². The van der Waals surface area contributed by atoms with E-state index < -0.39 is 0 Å². The summed E-state index contributed by atoms with van der Waals surface area (Å²) in [6.45, 7) is 2.01. The van der Waals surface area contributed by atoms with Crippen LogP contribution in [0.3, 0.4) is 0 Å². The molecule has 2 aromatic heterocycles. The van der Waals surface area contributed by atoms with Gasteiger partial charge < -0.3 is 0 Å². The summed E-state index contributed by atoms with van der Waals surface area (Å²) in [6.07, 6.45) is 2.49. The lowest BCUT2D eigenvalue weighted by atomic mass is 10.1. The zero-order valence-electron chi connectivity index (χ0n) is 9.14. The number of hydrogen-bond acceptors (Lipinski definition) is 2. The van der Waals surface area contributed by atoms with Crippen LogP contribution >= 0.6 is 11.6 Å². The highest BCUT2D eigenvalue weighted by Crippen LogP contribution is 2.24. The molecule has 2 heterocycles. The van der Waals surface area contributed by atoms with Gasteiger partial charge in [-0.25, -0.2) is 4.98 Å². The van der Waals surface area contributed by atoms with E-state index in [-0.39, 0.29) is 0 Å². The van der Waals surface area contributed by atoms with E-state index in [4.69, 9.17) is 11.6 Å². The highest BCUT2D eigenvalue weighted by Gasteiger charge is 2.07. The van der Waals surface area contributed by atoms with Crippen molar-refractivity contribution in [3.63, 3.8) is 0 Å². The van der Waals surface area contributed by atoms with E-state index in [1.165, 1.54) is 0 Å². The summed E-state index contributed by atoms with van der Waals surface area (Å²) in [4.78, 5) is 15.0. The molecule has 0 saturated heterocycles. The van der Waals surface area contributed by atoms with Gasteiger partial charge in [0.15, 0.2) is 6.29 Å². The number of benzene rings is 1. The summed E-state index contributed by atoms with van der Waals surface area (Å²) in [5, 5.41) is 1.77. The number of aldehydes is 1. The highest BCUT2D eigenvalue weighted by molar-refractivity contribution is 6.31. The van der Waals surface area contributed by atoms with Crippen LogP contribution in [-0.2, 0) is 0 Å². The Bertz CT molecular complexity index is 746. The quantitative estimate of drug-likeness (QED) is 0.616. The summed E-state index contributed by atoms with van der Waals surface area (Å²) < 4.78 is 1.91. The molecule has 0 unspecified atom stereocenters. The fourth-order valence-corrected chi connectivity index (χ4v) is 2.24. The van der Waals surface area contributed by atoms with Gasteiger partial charge in [0.2, 0.25) is 0 Å². The van der Waals surface area contributed by atoms with Crippen LogP contribution in [0.2, 0.25) is 5.02 Å². The fraction of sp³-hybridized carbons (Fsp3) is 0.0769. The van der Waals surface area contributed by atoms with E-state index in [2.05, 4.69) is 4.98 Å². The zero-order chi connectivity index (χ0) is 12.0. The maximum absolute atomic E-state index is 10.8. The van der Waals surface area contributed by atoms with Crippen LogP contribution in [0, 0.1) is 6.92 Å². The summed E-state index contributed by atoms with van der Waals surface area (Å²) in [5.74, 6) is 0. The number of rotatable bonds is 1. The average molecular weight is 245 g/mol. The van der Waals surface area contributed by atoms with E-state index in [1.807, 2.05) is 35.6 Å². The Morgan fingerprint density at radius 3 is 2.94 bits per heavy atom. The van der Waals surface area contributed by atoms with Gasteiger partial charge in [0.1, 0.15) is 11.3 Å². The SMILES string of the molecule is Cc1cc2nc(C=O)cn2c2ccc(Cl)cc12. The van der Waals surface area contributed by atoms with Crippen LogP contribution in [0.1, 0.15) is 16.1 Å². The second-order valence-corrected chi connectivity index (χ2v) is 4.44. The minimum absolute atomic E-state index is 0.437. The molecule has 0 radical (unpaired) electrons. The summed E-state index contributed by atoms with van der Waals surface area (Å²) in [6, 6.07) is 7.65. The largest absolute Gasteiger partial charge is 0.299 e. The van der Waals surface area contributed by atoms with E-state index in [0.717, 1.165) is 28.4 Å². The van der Waals surface area contributed by atoms with Crippen molar-refractivity contribution in [2.45, 2.75) is 6.92 Å². The van der Waals surface area contributed by atoms with Crippen molar-refractivity contribution < 1.29 is 4.79 Å². The average Bonchev–Trinajstić information content (AvgIpc) is 2.72. The monoisotopic (exact) mass is 244 g/mol. The lowest BCUT2D eigenvalue weighted by Gasteiger charge is -2.05. The molecule has 0 fully saturated rings. The molecule has 3 aromatic rings. The number of carbonyl (C=O) groups excluding carboxylic acids is 1. The maximum Gasteiger partial charge on any atom is 0.170 e. The third kappa shape index (κ3) is 1.51. The third-order valence-electron chi connectivity index (χ3n) is 2.86. The van der Waals surface area contributed by atoms with Gasteiger partial charge in [-0.2, -0.15) is 0 Å². The van der Waals surface area contributed by atoms with Crippen LogP contribution in [0.5, 0.6) is 0 Å². The number of fused-ring (bicyclic) bond motifs is 3. The normalized spacial score (nSPS) is 11.2. The predicted octanol–water partition coefficient (Wildman–Crippen LogP) is 3.26. The third-order valence-corrected chi connectivity index (χ3v) is 3.10. The van der Waals surface area contributed by atoms with E-state index >= 15 is 0 Å². The van der Waals surface area contributed by atoms with Crippen molar-refractivity contribution >= 4 is 34.4 Å². The van der Waals surface area contributed by atoms with Crippen LogP contribution in [0.25, 0.3) is 16.6 Å². The second kappa shape index (κ2) is 3.57. The number of nitrogens with zero attached hydrogens (tertiary/aromatic N) is 2. The molecule has 84 valence electrons. The van der Waals surface area contributed by atoms with Crippen molar-refractivity contribution in [3.8, 4) is 0 Å². The second-order valence-electron chi connectivity index (χ2n) is 4.00. The lowest BCUT2D eigenvalue weighted by molar-refractivity contribution is 0.111. The molecule has 17 heavy (non-hydrogen) atoms. The van der Waals surface area contributed by atoms with Crippen molar-refractivity contribution in [1.82, 2.24) is 9.38 Å². The first-order valence-electron chi connectivity index (χ1n) is 5.22. The fourth-order valence-electron chi connectivity index (χ4n) is 2.07. The first-order chi connectivity index (χ1) is 8.19. The zero-order valence-corrected chi connectivity index (χ0v) is 9.90. The maximum atomic E-state index is 10.8. The molecule has 0 aliphatic carbocycles. The Hall–Kier alpha value is -1.87. The lowest BCUT2D eigenvalue weighted by Crippen LogP contribution is -1.89. The molecule has 4 heteroatoms. The number of aromatic nitrogens is 2.